The lowest BCUT2D eigenvalue weighted by atomic mass is 10.1. The summed E-state index contributed by atoms with van der Waals surface area (Å²) in [7, 11) is 0. The molecule has 7 nitrogen and oxygen atoms in total. The van der Waals surface area contributed by atoms with Crippen molar-refractivity contribution in [2.75, 3.05) is 5.32 Å². The Kier molecular flexibility index (Phi) is 4.90. The minimum atomic E-state index is -0.181. The van der Waals surface area contributed by atoms with Crippen LogP contribution in [0.2, 0.25) is 5.02 Å². The molecule has 0 saturated carbocycles. The first-order chi connectivity index (χ1) is 13.6. The van der Waals surface area contributed by atoms with Crippen molar-refractivity contribution in [2.45, 2.75) is 13.5 Å². The maximum Gasteiger partial charge on any atom is 0.258 e. The van der Waals surface area contributed by atoms with Gasteiger partial charge in [-0.1, -0.05) is 35.0 Å². The molecule has 140 valence electrons. The van der Waals surface area contributed by atoms with Crippen LogP contribution in [0.3, 0.4) is 0 Å². The lowest BCUT2D eigenvalue weighted by Crippen LogP contribution is -2.17. The Morgan fingerprint density at radius 1 is 1.18 bits per heavy atom. The standard InChI is InChI=1S/C20H16ClN5O2/c1-13-4-2-3-5-16(13)20-24-19(25-28-20)17-10-26(12-22-17)11-18(27)23-15-8-6-14(21)7-9-15/h2-10,12H,11H2,1H3,(H,23,27). The fraction of sp³-hybridized carbons (Fsp3) is 0.100. The molecule has 4 aromatic rings. The molecule has 8 heteroatoms. The number of aryl methyl sites for hydroxylation is 1. The summed E-state index contributed by atoms with van der Waals surface area (Å²) in [5, 5.41) is 7.41. The van der Waals surface area contributed by atoms with Gasteiger partial charge >= 0.3 is 0 Å². The van der Waals surface area contributed by atoms with Gasteiger partial charge in [0.25, 0.3) is 5.89 Å². The summed E-state index contributed by atoms with van der Waals surface area (Å²) in [6.07, 6.45) is 3.26. The molecule has 0 saturated heterocycles. The Balaban J connectivity index is 1.45. The van der Waals surface area contributed by atoms with Gasteiger partial charge in [0.15, 0.2) is 0 Å². The van der Waals surface area contributed by atoms with Crippen LogP contribution >= 0.6 is 11.6 Å². The molecule has 0 atom stereocenters. The lowest BCUT2D eigenvalue weighted by molar-refractivity contribution is -0.116. The predicted octanol–water partition coefficient (Wildman–Crippen LogP) is 4.20. The Labute approximate surface area is 166 Å². The highest BCUT2D eigenvalue weighted by Crippen LogP contribution is 2.23. The summed E-state index contributed by atoms with van der Waals surface area (Å²) in [5.74, 6) is 0.623. The molecular formula is C20H16ClN5O2. The number of imidazole rings is 1. The predicted molar refractivity (Wildman–Crippen MR) is 106 cm³/mol. The minimum absolute atomic E-state index is 0.109. The minimum Gasteiger partial charge on any atom is -0.334 e. The number of rotatable bonds is 5. The maximum absolute atomic E-state index is 12.2. The second-order valence-corrected chi connectivity index (χ2v) is 6.66. The second-order valence-electron chi connectivity index (χ2n) is 6.22. The van der Waals surface area contributed by atoms with Crippen LogP contribution in [0.4, 0.5) is 5.69 Å². The average molecular weight is 394 g/mol. The summed E-state index contributed by atoms with van der Waals surface area (Å²) in [5.41, 5.74) is 3.13. The van der Waals surface area contributed by atoms with E-state index in [2.05, 4.69) is 20.4 Å². The van der Waals surface area contributed by atoms with E-state index in [1.54, 1.807) is 41.4 Å². The number of nitrogens with one attached hydrogen (secondary N) is 1. The number of carbonyl (C=O) groups excluding carboxylic acids is 1. The van der Waals surface area contributed by atoms with Crippen molar-refractivity contribution in [3.63, 3.8) is 0 Å². The summed E-state index contributed by atoms with van der Waals surface area (Å²) in [4.78, 5) is 20.9. The van der Waals surface area contributed by atoms with Crippen molar-refractivity contribution < 1.29 is 9.32 Å². The van der Waals surface area contributed by atoms with Gasteiger partial charge in [-0.3, -0.25) is 4.79 Å². The number of halogens is 1. The van der Waals surface area contributed by atoms with Crippen LogP contribution in [-0.2, 0) is 11.3 Å². The maximum atomic E-state index is 12.2. The Bertz CT molecular complexity index is 1120. The first-order valence-corrected chi connectivity index (χ1v) is 8.93. The monoisotopic (exact) mass is 393 g/mol. The molecule has 2 heterocycles. The van der Waals surface area contributed by atoms with Gasteiger partial charge in [-0.2, -0.15) is 4.98 Å². The van der Waals surface area contributed by atoms with Gasteiger partial charge in [0, 0.05) is 22.5 Å². The van der Waals surface area contributed by atoms with Gasteiger partial charge < -0.3 is 14.4 Å². The van der Waals surface area contributed by atoms with E-state index < -0.39 is 0 Å². The van der Waals surface area contributed by atoms with Crippen LogP contribution in [0, 0.1) is 6.92 Å². The SMILES string of the molecule is Cc1ccccc1-c1nc(-c2cn(CC(=O)Nc3ccc(Cl)cc3)cn2)no1. The van der Waals surface area contributed by atoms with Gasteiger partial charge in [-0.15, -0.1) is 0 Å². The van der Waals surface area contributed by atoms with Crippen LogP contribution in [0.5, 0.6) is 0 Å². The molecule has 1 N–H and O–H groups in total. The first kappa shape index (κ1) is 17.9. The molecule has 0 radical (unpaired) electrons. The van der Waals surface area contributed by atoms with E-state index in [1.807, 2.05) is 31.2 Å². The number of hydrogen-bond donors (Lipinski definition) is 1. The normalized spacial score (nSPS) is 10.8. The largest absolute Gasteiger partial charge is 0.334 e. The smallest absolute Gasteiger partial charge is 0.258 e. The molecule has 0 unspecified atom stereocenters. The molecule has 2 aromatic heterocycles. The third-order valence-corrected chi connectivity index (χ3v) is 4.37. The van der Waals surface area contributed by atoms with E-state index in [4.69, 9.17) is 16.1 Å². The Morgan fingerprint density at radius 2 is 1.96 bits per heavy atom. The molecule has 0 bridgehead atoms. The van der Waals surface area contributed by atoms with Crippen molar-refractivity contribution in [1.29, 1.82) is 0 Å². The van der Waals surface area contributed by atoms with Gasteiger partial charge in [0.2, 0.25) is 11.7 Å². The van der Waals surface area contributed by atoms with Crippen LogP contribution in [0.25, 0.3) is 23.0 Å². The van der Waals surface area contributed by atoms with Crippen LogP contribution in [-0.4, -0.2) is 25.6 Å². The molecule has 0 fully saturated rings. The molecule has 4 rings (SSSR count). The molecule has 0 spiro atoms. The molecule has 28 heavy (non-hydrogen) atoms. The summed E-state index contributed by atoms with van der Waals surface area (Å²) < 4.78 is 7.02. The van der Waals surface area contributed by atoms with E-state index in [0.29, 0.717) is 28.1 Å². The van der Waals surface area contributed by atoms with E-state index in [1.165, 1.54) is 0 Å². The van der Waals surface area contributed by atoms with Crippen molar-refractivity contribution >= 4 is 23.2 Å². The highest BCUT2D eigenvalue weighted by molar-refractivity contribution is 6.30. The second kappa shape index (κ2) is 7.66. The van der Waals surface area contributed by atoms with Crippen molar-refractivity contribution in [3.05, 3.63) is 71.6 Å². The van der Waals surface area contributed by atoms with E-state index in [-0.39, 0.29) is 12.5 Å². The van der Waals surface area contributed by atoms with Crippen molar-refractivity contribution in [2.24, 2.45) is 0 Å². The molecular weight excluding hydrogens is 378 g/mol. The van der Waals surface area contributed by atoms with Gasteiger partial charge in [-0.25, -0.2) is 4.98 Å². The van der Waals surface area contributed by atoms with E-state index in [9.17, 15) is 4.79 Å². The van der Waals surface area contributed by atoms with Crippen LogP contribution < -0.4 is 5.32 Å². The fourth-order valence-electron chi connectivity index (χ4n) is 2.71. The quantitative estimate of drug-likeness (QED) is 0.549. The number of hydrogen-bond acceptors (Lipinski definition) is 5. The van der Waals surface area contributed by atoms with Crippen LogP contribution in [0.15, 0.2) is 65.6 Å². The number of aromatic nitrogens is 4. The number of carbonyl (C=O) groups is 1. The zero-order valence-electron chi connectivity index (χ0n) is 15.0. The summed E-state index contributed by atoms with van der Waals surface area (Å²) in [6, 6.07) is 14.7. The van der Waals surface area contributed by atoms with Gasteiger partial charge in [0.1, 0.15) is 12.2 Å². The topological polar surface area (TPSA) is 85.8 Å². The number of amides is 1. The molecule has 0 aliphatic heterocycles. The van der Waals surface area contributed by atoms with Crippen molar-refractivity contribution in [1.82, 2.24) is 19.7 Å². The first-order valence-electron chi connectivity index (χ1n) is 8.56. The van der Waals surface area contributed by atoms with Gasteiger partial charge in [0.05, 0.1) is 6.33 Å². The van der Waals surface area contributed by atoms with Crippen molar-refractivity contribution in [3.8, 4) is 23.0 Å². The molecule has 0 aliphatic carbocycles. The number of nitrogens with zero attached hydrogens (tertiary/aromatic N) is 4. The van der Waals surface area contributed by atoms with E-state index >= 15 is 0 Å². The highest BCUT2D eigenvalue weighted by atomic mass is 35.5. The third kappa shape index (κ3) is 3.94. The summed E-state index contributed by atoms with van der Waals surface area (Å²) in [6.45, 7) is 2.09. The number of benzene rings is 2. The van der Waals surface area contributed by atoms with Gasteiger partial charge in [-0.05, 0) is 42.8 Å². The summed E-state index contributed by atoms with van der Waals surface area (Å²) >= 11 is 5.84. The Hall–Kier alpha value is -3.45. The zero-order valence-corrected chi connectivity index (χ0v) is 15.7. The lowest BCUT2D eigenvalue weighted by Gasteiger charge is -2.05. The molecule has 2 aromatic carbocycles. The highest BCUT2D eigenvalue weighted by Gasteiger charge is 2.14. The molecule has 0 aliphatic rings. The van der Waals surface area contributed by atoms with E-state index in [0.717, 1.165) is 11.1 Å². The Morgan fingerprint density at radius 3 is 2.75 bits per heavy atom. The zero-order chi connectivity index (χ0) is 19.5. The third-order valence-electron chi connectivity index (χ3n) is 4.12. The average Bonchev–Trinajstić information content (AvgIpc) is 3.33. The number of anilines is 1. The molecule has 1 amide bonds. The fourth-order valence-corrected chi connectivity index (χ4v) is 2.84. The van der Waals surface area contributed by atoms with Crippen LogP contribution in [0.1, 0.15) is 5.56 Å².